The molecule has 1 amide bonds. The third-order valence-corrected chi connectivity index (χ3v) is 2.47. The molecule has 0 bridgehead atoms. The molecule has 0 saturated carbocycles. The van der Waals surface area contributed by atoms with Crippen LogP contribution in [-0.2, 0) is 6.54 Å². The number of aromatic hydroxyl groups is 1. The van der Waals surface area contributed by atoms with Crippen molar-refractivity contribution in [3.05, 3.63) is 53.6 Å². The number of aryl methyl sites for hydroxylation is 1. The third kappa shape index (κ3) is 2.82. The highest BCUT2D eigenvalue weighted by molar-refractivity contribution is 5.96. The number of rotatable bonds is 3. The largest absolute Gasteiger partial charge is 0.507 e. The van der Waals surface area contributed by atoms with Crippen LogP contribution in [0.2, 0.25) is 0 Å². The van der Waals surface area contributed by atoms with Crippen LogP contribution in [0.3, 0.4) is 0 Å². The van der Waals surface area contributed by atoms with Crippen molar-refractivity contribution >= 4 is 5.91 Å². The van der Waals surface area contributed by atoms with Crippen molar-refractivity contribution in [2.75, 3.05) is 0 Å². The monoisotopic (exact) mass is 243 g/mol. The smallest absolute Gasteiger partial charge is 0.255 e. The van der Waals surface area contributed by atoms with Gasteiger partial charge in [0.25, 0.3) is 5.91 Å². The molecule has 0 aliphatic heterocycles. The summed E-state index contributed by atoms with van der Waals surface area (Å²) in [7, 11) is 0. The van der Waals surface area contributed by atoms with Gasteiger partial charge in [-0.3, -0.25) is 4.79 Å². The fourth-order valence-corrected chi connectivity index (χ4v) is 1.52. The van der Waals surface area contributed by atoms with Crippen LogP contribution >= 0.6 is 0 Å². The number of amides is 1. The summed E-state index contributed by atoms with van der Waals surface area (Å²) in [6.45, 7) is 2.15. The maximum atomic E-state index is 11.8. The summed E-state index contributed by atoms with van der Waals surface area (Å²) in [6.07, 6.45) is 3.03. The van der Waals surface area contributed by atoms with Crippen molar-refractivity contribution < 1.29 is 9.90 Å². The van der Waals surface area contributed by atoms with Crippen molar-refractivity contribution in [3.63, 3.8) is 0 Å². The molecule has 2 N–H and O–H groups in total. The summed E-state index contributed by atoms with van der Waals surface area (Å²) in [6, 6.07) is 6.65. The van der Waals surface area contributed by atoms with Crippen LogP contribution in [0, 0.1) is 6.92 Å². The molecule has 0 spiro atoms. The lowest BCUT2D eigenvalue weighted by molar-refractivity contribution is 0.0947. The van der Waals surface area contributed by atoms with Crippen molar-refractivity contribution in [1.29, 1.82) is 0 Å². The molecule has 1 heterocycles. The van der Waals surface area contributed by atoms with Gasteiger partial charge in [-0.15, -0.1) is 0 Å². The Labute approximate surface area is 105 Å². The normalized spacial score (nSPS) is 10.1. The van der Waals surface area contributed by atoms with Gasteiger partial charge in [-0.25, -0.2) is 9.97 Å². The highest BCUT2D eigenvalue weighted by Gasteiger charge is 2.10. The lowest BCUT2D eigenvalue weighted by Crippen LogP contribution is -2.23. The first-order valence-electron chi connectivity index (χ1n) is 5.49. The fraction of sp³-hybridized carbons (Fsp3) is 0.154. The summed E-state index contributed by atoms with van der Waals surface area (Å²) in [4.78, 5) is 19.6. The SMILES string of the molecule is Cc1ccc(C(=O)NCc2ccncn2)c(O)c1. The lowest BCUT2D eigenvalue weighted by atomic mass is 10.1. The predicted octanol–water partition coefficient (Wildman–Crippen LogP) is 1.42. The van der Waals surface area contributed by atoms with E-state index in [0.717, 1.165) is 5.56 Å². The molecule has 92 valence electrons. The summed E-state index contributed by atoms with van der Waals surface area (Å²) in [5.41, 5.74) is 1.87. The zero-order valence-corrected chi connectivity index (χ0v) is 9.92. The van der Waals surface area contributed by atoms with Crippen LogP contribution in [0.1, 0.15) is 21.6 Å². The maximum Gasteiger partial charge on any atom is 0.255 e. The number of nitrogens with zero attached hydrogens (tertiary/aromatic N) is 2. The first kappa shape index (κ1) is 12.0. The number of hydrogen-bond acceptors (Lipinski definition) is 4. The van der Waals surface area contributed by atoms with Gasteiger partial charge in [0.2, 0.25) is 0 Å². The second-order valence-electron chi connectivity index (χ2n) is 3.90. The Morgan fingerprint density at radius 1 is 1.39 bits per heavy atom. The Hall–Kier alpha value is -2.43. The van der Waals surface area contributed by atoms with Crippen molar-refractivity contribution in [2.24, 2.45) is 0 Å². The van der Waals surface area contributed by atoms with E-state index in [2.05, 4.69) is 15.3 Å². The van der Waals surface area contributed by atoms with Crippen LogP contribution < -0.4 is 5.32 Å². The number of nitrogens with one attached hydrogen (secondary N) is 1. The number of hydrogen-bond donors (Lipinski definition) is 2. The Morgan fingerprint density at radius 2 is 2.22 bits per heavy atom. The highest BCUT2D eigenvalue weighted by atomic mass is 16.3. The van der Waals surface area contributed by atoms with E-state index in [-0.39, 0.29) is 17.2 Å². The van der Waals surface area contributed by atoms with Crippen LogP contribution in [-0.4, -0.2) is 21.0 Å². The van der Waals surface area contributed by atoms with E-state index in [4.69, 9.17) is 0 Å². The van der Waals surface area contributed by atoms with Crippen molar-refractivity contribution in [1.82, 2.24) is 15.3 Å². The van der Waals surface area contributed by atoms with Gasteiger partial charge in [0.1, 0.15) is 12.1 Å². The second-order valence-corrected chi connectivity index (χ2v) is 3.90. The first-order valence-corrected chi connectivity index (χ1v) is 5.49. The molecule has 18 heavy (non-hydrogen) atoms. The Balaban J connectivity index is 2.04. The lowest BCUT2D eigenvalue weighted by Gasteiger charge is -2.06. The minimum Gasteiger partial charge on any atom is -0.507 e. The maximum absolute atomic E-state index is 11.8. The minimum absolute atomic E-state index is 0.0183. The Morgan fingerprint density at radius 3 is 2.89 bits per heavy atom. The van der Waals surface area contributed by atoms with E-state index in [9.17, 15) is 9.90 Å². The third-order valence-electron chi connectivity index (χ3n) is 2.47. The van der Waals surface area contributed by atoms with Crippen LogP contribution in [0.4, 0.5) is 0 Å². The molecule has 1 aromatic carbocycles. The highest BCUT2D eigenvalue weighted by Crippen LogP contribution is 2.18. The second kappa shape index (κ2) is 5.27. The molecular weight excluding hydrogens is 230 g/mol. The first-order chi connectivity index (χ1) is 8.66. The summed E-state index contributed by atoms with van der Waals surface area (Å²) in [5, 5.41) is 12.4. The quantitative estimate of drug-likeness (QED) is 0.855. The van der Waals surface area contributed by atoms with E-state index in [1.165, 1.54) is 6.33 Å². The van der Waals surface area contributed by atoms with Gasteiger partial charge in [-0.2, -0.15) is 0 Å². The van der Waals surface area contributed by atoms with Crippen LogP contribution in [0.5, 0.6) is 5.75 Å². The van der Waals surface area contributed by atoms with E-state index < -0.39 is 0 Å². The molecule has 0 radical (unpaired) electrons. The van der Waals surface area contributed by atoms with Gasteiger partial charge < -0.3 is 10.4 Å². The number of phenols is 1. The van der Waals surface area contributed by atoms with E-state index in [0.29, 0.717) is 12.2 Å². The zero-order valence-electron chi connectivity index (χ0n) is 9.92. The standard InChI is InChI=1S/C13H13N3O2/c1-9-2-3-11(12(17)6-9)13(18)15-7-10-4-5-14-8-16-10/h2-6,8,17H,7H2,1H3,(H,15,18). The summed E-state index contributed by atoms with van der Waals surface area (Å²) in [5.74, 6) is -0.346. The number of carbonyl (C=O) groups excluding carboxylic acids is 1. The number of benzene rings is 1. The summed E-state index contributed by atoms with van der Waals surface area (Å²) >= 11 is 0. The Kier molecular flexibility index (Phi) is 3.52. The van der Waals surface area contributed by atoms with Gasteiger partial charge in [0.05, 0.1) is 17.8 Å². The van der Waals surface area contributed by atoms with Gasteiger partial charge in [0, 0.05) is 6.20 Å². The van der Waals surface area contributed by atoms with Crippen LogP contribution in [0.15, 0.2) is 36.8 Å². The fourth-order valence-electron chi connectivity index (χ4n) is 1.52. The van der Waals surface area contributed by atoms with Gasteiger partial charge in [-0.05, 0) is 30.7 Å². The zero-order chi connectivity index (χ0) is 13.0. The average molecular weight is 243 g/mol. The van der Waals surface area contributed by atoms with Gasteiger partial charge in [0.15, 0.2) is 0 Å². The van der Waals surface area contributed by atoms with Gasteiger partial charge >= 0.3 is 0 Å². The van der Waals surface area contributed by atoms with Crippen molar-refractivity contribution in [3.8, 4) is 5.75 Å². The predicted molar refractivity (Wildman–Crippen MR) is 66.0 cm³/mol. The molecule has 0 fully saturated rings. The number of phenolic OH excluding ortho intramolecular Hbond substituents is 1. The van der Waals surface area contributed by atoms with E-state index >= 15 is 0 Å². The molecule has 0 aliphatic rings. The Bertz CT molecular complexity index is 555. The van der Waals surface area contributed by atoms with Crippen molar-refractivity contribution in [2.45, 2.75) is 13.5 Å². The molecular formula is C13H13N3O2. The number of carbonyl (C=O) groups is 1. The van der Waals surface area contributed by atoms with Gasteiger partial charge in [-0.1, -0.05) is 6.07 Å². The van der Waals surface area contributed by atoms with E-state index in [1.54, 1.807) is 30.5 Å². The molecule has 0 atom stereocenters. The number of aromatic nitrogens is 2. The van der Waals surface area contributed by atoms with E-state index in [1.807, 2.05) is 6.92 Å². The topological polar surface area (TPSA) is 75.1 Å². The van der Waals surface area contributed by atoms with Crippen LogP contribution in [0.25, 0.3) is 0 Å². The average Bonchev–Trinajstić information content (AvgIpc) is 2.37. The molecule has 2 rings (SSSR count). The minimum atomic E-state index is -0.328. The molecule has 0 aliphatic carbocycles. The molecule has 0 saturated heterocycles. The molecule has 0 unspecified atom stereocenters. The molecule has 1 aromatic heterocycles. The molecule has 2 aromatic rings. The summed E-state index contributed by atoms with van der Waals surface area (Å²) < 4.78 is 0. The molecule has 5 nitrogen and oxygen atoms in total. The molecule has 5 heteroatoms.